The topological polar surface area (TPSA) is 146 Å². The molecule has 2 unspecified atom stereocenters. The van der Waals surface area contributed by atoms with Crippen LogP contribution in [-0.2, 0) is 11.3 Å². The SMILES string of the molecule is BC1(O)c2cc3c(cc2C(O)(O)C1(B)N)OC(O)(O)O3. The minimum atomic E-state index is -2.83. The molecule has 0 bridgehead atoms. The van der Waals surface area contributed by atoms with Crippen LogP contribution in [0.3, 0.4) is 0 Å². The van der Waals surface area contributed by atoms with E-state index in [1.54, 1.807) is 0 Å². The van der Waals surface area contributed by atoms with E-state index in [4.69, 9.17) is 15.2 Å². The van der Waals surface area contributed by atoms with Gasteiger partial charge in [-0.3, -0.25) is 10.2 Å². The predicted octanol–water partition coefficient (Wildman–Crippen LogP) is -4.73. The molecule has 1 aliphatic carbocycles. The number of hydrogen-bond donors (Lipinski definition) is 6. The Morgan fingerprint density at radius 3 is 1.85 bits per heavy atom. The molecule has 10 heteroatoms. The third kappa shape index (κ3) is 1.38. The molecule has 1 aromatic rings. The van der Waals surface area contributed by atoms with Gasteiger partial charge < -0.3 is 30.5 Å². The van der Waals surface area contributed by atoms with Gasteiger partial charge in [0.1, 0.15) is 7.85 Å². The Morgan fingerprint density at radius 1 is 0.900 bits per heavy atom. The maximum Gasteiger partial charge on any atom is 0.505 e. The molecule has 106 valence electrons. The number of nitrogens with two attached hydrogens (primary N) is 1. The van der Waals surface area contributed by atoms with E-state index in [0.29, 0.717) is 0 Å². The molecule has 8 nitrogen and oxygen atoms in total. The molecule has 0 amide bonds. The highest BCUT2D eigenvalue weighted by Gasteiger charge is 2.63. The molecule has 0 radical (unpaired) electrons. The lowest BCUT2D eigenvalue weighted by Gasteiger charge is -2.40. The first kappa shape index (κ1) is 13.7. The second kappa shape index (κ2) is 3.30. The van der Waals surface area contributed by atoms with E-state index in [9.17, 15) is 25.5 Å². The molecule has 7 N–H and O–H groups in total. The zero-order valence-electron chi connectivity index (χ0n) is 10.8. The Kier molecular flexibility index (Phi) is 2.26. The Balaban J connectivity index is 2.24. The van der Waals surface area contributed by atoms with Gasteiger partial charge in [-0.15, -0.1) is 0 Å². The third-order valence-electron chi connectivity index (χ3n) is 4.21. The van der Waals surface area contributed by atoms with Crippen LogP contribution in [0.1, 0.15) is 11.1 Å². The van der Waals surface area contributed by atoms with E-state index in [1.165, 1.54) is 21.8 Å². The average molecular weight is 281 g/mol. The second-order valence-corrected chi connectivity index (χ2v) is 5.54. The largest absolute Gasteiger partial charge is 0.505 e. The summed E-state index contributed by atoms with van der Waals surface area (Å²) in [5.74, 6) is -2.68. The van der Waals surface area contributed by atoms with Gasteiger partial charge in [0.25, 0.3) is 0 Å². The Hall–Kier alpha value is -1.29. The number of aliphatic hydroxyl groups is 5. The molecule has 2 atom stereocenters. The lowest BCUT2D eigenvalue weighted by Crippen LogP contribution is -2.66. The van der Waals surface area contributed by atoms with Gasteiger partial charge in [-0.2, -0.15) is 0 Å². The molecule has 0 fully saturated rings. The van der Waals surface area contributed by atoms with Gasteiger partial charge in [0.2, 0.25) is 5.79 Å². The van der Waals surface area contributed by atoms with Crippen LogP contribution >= 0.6 is 0 Å². The van der Waals surface area contributed by atoms with Crippen LogP contribution in [0.25, 0.3) is 0 Å². The Bertz CT molecular complexity index is 565. The van der Waals surface area contributed by atoms with Crippen LogP contribution in [0.2, 0.25) is 0 Å². The van der Waals surface area contributed by atoms with Crippen molar-refractivity contribution in [1.29, 1.82) is 0 Å². The van der Waals surface area contributed by atoms with Gasteiger partial charge in [-0.05, 0) is 17.7 Å². The monoisotopic (exact) mass is 281 g/mol. The van der Waals surface area contributed by atoms with E-state index in [2.05, 4.69) is 0 Å². The van der Waals surface area contributed by atoms with E-state index < -0.39 is 22.9 Å². The third-order valence-corrected chi connectivity index (χ3v) is 4.21. The van der Waals surface area contributed by atoms with E-state index >= 15 is 0 Å². The number of rotatable bonds is 0. The highest BCUT2D eigenvalue weighted by molar-refractivity contribution is 6.27. The van der Waals surface area contributed by atoms with Crippen LogP contribution in [-0.4, -0.2) is 52.8 Å². The fraction of sp³-hybridized carbons (Fsp3) is 0.400. The summed E-state index contributed by atoms with van der Waals surface area (Å²) >= 11 is 0. The van der Waals surface area contributed by atoms with Crippen molar-refractivity contribution >= 4 is 15.7 Å². The molecule has 0 saturated carbocycles. The van der Waals surface area contributed by atoms with Crippen LogP contribution in [0.5, 0.6) is 11.5 Å². The minimum Gasteiger partial charge on any atom is -0.403 e. The summed E-state index contributed by atoms with van der Waals surface area (Å²) in [4.78, 5) is 0. The van der Waals surface area contributed by atoms with Crippen molar-refractivity contribution < 1.29 is 35.0 Å². The lowest BCUT2D eigenvalue weighted by molar-refractivity contribution is -0.385. The molecule has 1 heterocycles. The summed E-state index contributed by atoms with van der Waals surface area (Å²) < 4.78 is 9.42. The van der Waals surface area contributed by atoms with Gasteiger partial charge in [0.15, 0.2) is 19.3 Å². The van der Waals surface area contributed by atoms with Crippen molar-refractivity contribution in [2.75, 3.05) is 0 Å². The van der Waals surface area contributed by atoms with E-state index in [0.717, 1.165) is 6.07 Å². The van der Waals surface area contributed by atoms with Crippen LogP contribution < -0.4 is 15.2 Å². The summed E-state index contributed by atoms with van der Waals surface area (Å²) in [5, 5.41) is 49.4. The van der Waals surface area contributed by atoms with Crippen molar-refractivity contribution in [2.45, 2.75) is 22.9 Å². The molecule has 0 spiro atoms. The minimum absolute atomic E-state index is 0.0532. The van der Waals surface area contributed by atoms with E-state index in [1.807, 2.05) is 0 Å². The molecule has 20 heavy (non-hydrogen) atoms. The van der Waals surface area contributed by atoms with Crippen molar-refractivity contribution in [2.24, 2.45) is 5.73 Å². The number of hydrogen-bond acceptors (Lipinski definition) is 8. The van der Waals surface area contributed by atoms with Crippen molar-refractivity contribution in [3.8, 4) is 11.5 Å². The number of fused-ring (bicyclic) bond motifs is 2. The molecule has 1 aromatic carbocycles. The molecular formula is C10H13B2NO7. The molecule has 1 aliphatic heterocycles. The Morgan fingerprint density at radius 2 is 1.35 bits per heavy atom. The normalized spacial score (nSPS) is 35.9. The summed E-state index contributed by atoms with van der Waals surface area (Å²) in [5.41, 5.74) is 2.32. The first-order chi connectivity index (χ1) is 8.90. The van der Waals surface area contributed by atoms with Gasteiger partial charge in [-0.25, -0.2) is 0 Å². The average Bonchev–Trinajstić information content (AvgIpc) is 2.62. The van der Waals surface area contributed by atoms with Crippen molar-refractivity contribution in [3.05, 3.63) is 23.3 Å². The quantitative estimate of drug-likeness (QED) is 0.205. The number of benzene rings is 1. The molecule has 0 saturated heterocycles. The second-order valence-electron chi connectivity index (χ2n) is 5.54. The lowest BCUT2D eigenvalue weighted by atomic mass is 9.56. The fourth-order valence-electron chi connectivity index (χ4n) is 2.62. The molecule has 2 aliphatic rings. The smallest absolute Gasteiger partial charge is 0.403 e. The first-order valence-electron chi connectivity index (χ1n) is 5.88. The summed E-state index contributed by atoms with van der Waals surface area (Å²) in [6.07, 6.45) is -2.83. The van der Waals surface area contributed by atoms with Crippen LogP contribution in [0.4, 0.5) is 0 Å². The Labute approximate surface area is 115 Å². The maximum atomic E-state index is 10.5. The van der Waals surface area contributed by atoms with Gasteiger partial charge in [-0.1, -0.05) is 0 Å². The van der Waals surface area contributed by atoms with Crippen molar-refractivity contribution in [1.82, 2.24) is 0 Å². The predicted molar refractivity (Wildman–Crippen MR) is 68.9 cm³/mol. The summed E-state index contributed by atoms with van der Waals surface area (Å²) in [7, 11) is 2.62. The van der Waals surface area contributed by atoms with Gasteiger partial charge >= 0.3 is 6.16 Å². The molecule has 0 aromatic heterocycles. The number of ether oxygens (including phenoxy) is 2. The highest BCUT2D eigenvalue weighted by Crippen LogP contribution is 2.53. The zero-order valence-corrected chi connectivity index (χ0v) is 10.8. The zero-order chi connectivity index (χ0) is 15.1. The van der Waals surface area contributed by atoms with Gasteiger partial charge in [0.05, 0.1) is 10.9 Å². The molecule has 3 rings (SSSR count). The fourth-order valence-corrected chi connectivity index (χ4v) is 2.62. The highest BCUT2D eigenvalue weighted by atomic mass is 17.0. The van der Waals surface area contributed by atoms with Crippen molar-refractivity contribution in [3.63, 3.8) is 0 Å². The first-order valence-corrected chi connectivity index (χ1v) is 5.88. The van der Waals surface area contributed by atoms with Gasteiger partial charge in [0, 0.05) is 5.56 Å². The van der Waals surface area contributed by atoms with E-state index in [-0.39, 0.29) is 22.6 Å². The van der Waals surface area contributed by atoms with Crippen LogP contribution in [0.15, 0.2) is 12.1 Å². The van der Waals surface area contributed by atoms with Crippen LogP contribution in [0, 0.1) is 0 Å². The summed E-state index contributed by atoms with van der Waals surface area (Å²) in [6, 6.07) is 2.38. The maximum absolute atomic E-state index is 10.5. The molecular weight excluding hydrogens is 268 g/mol. The standard InChI is InChI=1S/C10H13B2NO7/c11-7(14)3-1-5-6(20-10(17,18)19-5)2-4(3)8(15,16)9(7,12)13/h1-2,14-18H,11-13H2. The summed E-state index contributed by atoms with van der Waals surface area (Å²) in [6.45, 7) is 0.